The Hall–Kier alpha value is -2.91. The van der Waals surface area contributed by atoms with E-state index in [1.165, 1.54) is 12.1 Å². The Morgan fingerprint density at radius 1 is 1.16 bits per heavy atom. The van der Waals surface area contributed by atoms with Gasteiger partial charge in [0.25, 0.3) is 0 Å². The molecule has 6 heteroatoms. The number of nitrogens with zero attached hydrogens (tertiary/aromatic N) is 1. The number of carbonyl (C=O) groups excluding carboxylic acids is 1. The minimum atomic E-state index is -1.05. The Kier molecular flexibility index (Phi) is 4.96. The van der Waals surface area contributed by atoms with Crippen molar-refractivity contribution in [3.05, 3.63) is 54.3 Å². The number of anilines is 1. The largest absolute Gasteiger partial charge is 0.457 e. The van der Waals surface area contributed by atoms with Crippen molar-refractivity contribution in [2.75, 3.05) is 18.5 Å². The van der Waals surface area contributed by atoms with Crippen molar-refractivity contribution in [2.45, 2.75) is 12.8 Å². The quantitative estimate of drug-likeness (QED) is 0.917. The van der Waals surface area contributed by atoms with Crippen molar-refractivity contribution >= 4 is 11.6 Å². The predicted octanol–water partition coefficient (Wildman–Crippen LogP) is 3.88. The third-order valence-electron chi connectivity index (χ3n) is 4.14. The molecule has 1 saturated heterocycles. The molecular formula is C19H17FN2O3. The number of rotatable bonds is 4. The minimum absolute atomic E-state index is 0.322. The molecule has 1 heterocycles. The molecule has 1 N–H and O–H groups in total. The number of ether oxygens (including phenoxy) is 2. The molecule has 0 unspecified atom stereocenters. The number of hydrogen-bond donors (Lipinski definition) is 1. The van der Waals surface area contributed by atoms with Crippen LogP contribution in [0, 0.1) is 22.6 Å². The zero-order valence-corrected chi connectivity index (χ0v) is 13.5. The monoisotopic (exact) mass is 340 g/mol. The molecule has 2 aromatic rings. The molecule has 3 rings (SSSR count). The first kappa shape index (κ1) is 16.9. The van der Waals surface area contributed by atoms with Crippen LogP contribution in [0.2, 0.25) is 0 Å². The van der Waals surface area contributed by atoms with Crippen LogP contribution in [0.1, 0.15) is 12.8 Å². The summed E-state index contributed by atoms with van der Waals surface area (Å²) in [5, 5.41) is 12.2. The van der Waals surface area contributed by atoms with E-state index in [1.807, 2.05) is 0 Å². The molecule has 1 aliphatic heterocycles. The first-order valence-electron chi connectivity index (χ1n) is 7.95. The van der Waals surface area contributed by atoms with Crippen LogP contribution in [0.5, 0.6) is 11.5 Å². The Morgan fingerprint density at radius 3 is 2.52 bits per heavy atom. The average molecular weight is 340 g/mol. The third kappa shape index (κ3) is 3.95. The van der Waals surface area contributed by atoms with Crippen LogP contribution < -0.4 is 10.1 Å². The van der Waals surface area contributed by atoms with Crippen LogP contribution in [0.25, 0.3) is 0 Å². The summed E-state index contributed by atoms with van der Waals surface area (Å²) in [4.78, 5) is 12.5. The summed E-state index contributed by atoms with van der Waals surface area (Å²) in [6.07, 6.45) is 0.770. The molecular weight excluding hydrogens is 323 g/mol. The van der Waals surface area contributed by atoms with Gasteiger partial charge in [0.15, 0.2) is 0 Å². The summed E-state index contributed by atoms with van der Waals surface area (Å²) in [5.41, 5.74) is -0.479. The number of carbonyl (C=O) groups is 1. The molecule has 1 aliphatic rings. The van der Waals surface area contributed by atoms with Gasteiger partial charge in [-0.05, 0) is 49.2 Å². The van der Waals surface area contributed by atoms with Gasteiger partial charge in [0.05, 0.1) is 6.07 Å². The van der Waals surface area contributed by atoms with E-state index in [1.54, 1.807) is 36.4 Å². The first-order chi connectivity index (χ1) is 12.1. The minimum Gasteiger partial charge on any atom is -0.457 e. The molecule has 1 fully saturated rings. The van der Waals surface area contributed by atoms with Gasteiger partial charge in [0.1, 0.15) is 22.7 Å². The highest BCUT2D eigenvalue weighted by Gasteiger charge is 2.40. The fraction of sp³-hybridized carbons (Fsp3) is 0.263. The molecule has 128 valence electrons. The van der Waals surface area contributed by atoms with Crippen molar-refractivity contribution in [3.8, 4) is 17.6 Å². The fourth-order valence-corrected chi connectivity index (χ4v) is 2.63. The van der Waals surface area contributed by atoms with E-state index < -0.39 is 5.41 Å². The smallest absolute Gasteiger partial charge is 0.245 e. The van der Waals surface area contributed by atoms with Crippen molar-refractivity contribution in [1.29, 1.82) is 5.26 Å². The molecule has 0 spiro atoms. The van der Waals surface area contributed by atoms with Crippen molar-refractivity contribution < 1.29 is 18.7 Å². The number of nitrogens with one attached hydrogen (secondary N) is 1. The van der Waals surface area contributed by atoms with Gasteiger partial charge in [-0.15, -0.1) is 0 Å². The maximum absolute atomic E-state index is 13.2. The third-order valence-corrected chi connectivity index (χ3v) is 4.14. The van der Waals surface area contributed by atoms with Crippen LogP contribution >= 0.6 is 0 Å². The van der Waals surface area contributed by atoms with Crippen LogP contribution in [0.15, 0.2) is 48.5 Å². The first-order valence-corrected chi connectivity index (χ1v) is 7.95. The lowest BCUT2D eigenvalue weighted by Gasteiger charge is -2.29. The fourth-order valence-electron chi connectivity index (χ4n) is 2.63. The lowest BCUT2D eigenvalue weighted by molar-refractivity contribution is -0.126. The second-order valence-electron chi connectivity index (χ2n) is 5.84. The molecule has 1 amide bonds. The highest BCUT2D eigenvalue weighted by atomic mass is 19.1. The molecule has 0 atom stereocenters. The van der Waals surface area contributed by atoms with Gasteiger partial charge in [-0.3, -0.25) is 4.79 Å². The number of hydrogen-bond acceptors (Lipinski definition) is 4. The van der Waals surface area contributed by atoms with E-state index >= 15 is 0 Å². The summed E-state index contributed by atoms with van der Waals surface area (Å²) in [6.45, 7) is 0.808. The standard InChI is InChI=1S/C19H17FN2O3/c20-14-2-1-3-17(12-14)25-16-6-4-15(5-7-16)22-18(23)19(13-21)8-10-24-11-9-19/h1-7,12H,8-11H2,(H,22,23). The van der Waals surface area contributed by atoms with Gasteiger partial charge < -0.3 is 14.8 Å². The van der Waals surface area contributed by atoms with E-state index in [4.69, 9.17) is 9.47 Å². The SMILES string of the molecule is N#CC1(C(=O)Nc2ccc(Oc3cccc(F)c3)cc2)CCOCC1. The molecule has 25 heavy (non-hydrogen) atoms. The number of halogens is 1. The lowest BCUT2D eigenvalue weighted by Crippen LogP contribution is -2.39. The number of amides is 1. The predicted molar refractivity (Wildman–Crippen MR) is 89.6 cm³/mol. The van der Waals surface area contributed by atoms with E-state index in [9.17, 15) is 14.4 Å². The number of nitriles is 1. The van der Waals surface area contributed by atoms with Gasteiger partial charge in [-0.25, -0.2) is 4.39 Å². The van der Waals surface area contributed by atoms with E-state index in [2.05, 4.69) is 11.4 Å². The topological polar surface area (TPSA) is 71.4 Å². The van der Waals surface area contributed by atoms with Crippen molar-refractivity contribution in [2.24, 2.45) is 5.41 Å². The van der Waals surface area contributed by atoms with E-state index in [-0.39, 0.29) is 11.7 Å². The molecule has 0 bridgehead atoms. The lowest BCUT2D eigenvalue weighted by atomic mass is 9.81. The maximum atomic E-state index is 13.2. The summed E-state index contributed by atoms with van der Waals surface area (Å²) in [6, 6.07) is 14.7. The van der Waals surface area contributed by atoms with E-state index in [0.29, 0.717) is 43.2 Å². The van der Waals surface area contributed by atoms with Gasteiger partial charge in [-0.2, -0.15) is 5.26 Å². The van der Waals surface area contributed by atoms with Gasteiger partial charge in [0.2, 0.25) is 5.91 Å². The molecule has 2 aromatic carbocycles. The Bertz CT molecular complexity index is 793. The molecule has 0 aromatic heterocycles. The summed E-state index contributed by atoms with van der Waals surface area (Å²) in [5.74, 6) is 0.212. The second-order valence-corrected chi connectivity index (χ2v) is 5.84. The molecule has 0 aliphatic carbocycles. The highest BCUT2D eigenvalue weighted by Crippen LogP contribution is 2.31. The zero-order valence-electron chi connectivity index (χ0n) is 13.5. The normalized spacial score (nSPS) is 15.8. The highest BCUT2D eigenvalue weighted by molar-refractivity contribution is 5.97. The van der Waals surface area contributed by atoms with Crippen molar-refractivity contribution in [3.63, 3.8) is 0 Å². The number of benzene rings is 2. The average Bonchev–Trinajstić information content (AvgIpc) is 2.64. The summed E-state index contributed by atoms with van der Waals surface area (Å²) >= 11 is 0. The Morgan fingerprint density at radius 2 is 1.88 bits per heavy atom. The van der Waals surface area contributed by atoms with Gasteiger partial charge in [-0.1, -0.05) is 6.07 Å². The summed E-state index contributed by atoms with van der Waals surface area (Å²) in [7, 11) is 0. The maximum Gasteiger partial charge on any atom is 0.245 e. The molecule has 5 nitrogen and oxygen atoms in total. The summed E-state index contributed by atoms with van der Waals surface area (Å²) < 4.78 is 23.9. The van der Waals surface area contributed by atoms with E-state index in [0.717, 1.165) is 0 Å². The molecule has 0 saturated carbocycles. The van der Waals surface area contributed by atoms with Crippen LogP contribution in [-0.4, -0.2) is 19.1 Å². The van der Waals surface area contributed by atoms with Crippen molar-refractivity contribution in [1.82, 2.24) is 0 Å². The molecule has 0 radical (unpaired) electrons. The van der Waals surface area contributed by atoms with Crippen LogP contribution in [-0.2, 0) is 9.53 Å². The van der Waals surface area contributed by atoms with Crippen LogP contribution in [0.3, 0.4) is 0 Å². The second kappa shape index (κ2) is 7.32. The van der Waals surface area contributed by atoms with Gasteiger partial charge in [0, 0.05) is 25.0 Å². The van der Waals surface area contributed by atoms with Crippen LogP contribution in [0.4, 0.5) is 10.1 Å². The van der Waals surface area contributed by atoms with Gasteiger partial charge >= 0.3 is 0 Å². The Labute approximate surface area is 145 Å². The zero-order chi connectivity index (χ0) is 17.7. The Balaban J connectivity index is 1.66.